The zero-order chi connectivity index (χ0) is 10.7. The molecule has 0 aliphatic heterocycles. The summed E-state index contributed by atoms with van der Waals surface area (Å²) in [7, 11) is 0. The molecular weight excluding hydrogens is 214 g/mol. The van der Waals surface area contributed by atoms with E-state index in [1.807, 2.05) is 17.5 Å². The monoisotopic (exact) mass is 223 g/mol. The summed E-state index contributed by atoms with van der Waals surface area (Å²) >= 11 is 1.51. The van der Waals surface area contributed by atoms with Crippen molar-refractivity contribution in [2.24, 2.45) is 0 Å². The van der Waals surface area contributed by atoms with Crippen LogP contribution < -0.4 is 0 Å². The molecule has 2 rings (SSSR count). The summed E-state index contributed by atoms with van der Waals surface area (Å²) in [5, 5.41) is 16.5. The van der Waals surface area contributed by atoms with Gasteiger partial charge in [-0.1, -0.05) is 6.07 Å². The molecule has 0 spiro atoms. The van der Waals surface area contributed by atoms with Crippen LogP contribution in [-0.4, -0.2) is 21.2 Å². The molecule has 78 valence electrons. The van der Waals surface area contributed by atoms with Crippen LogP contribution in [0.5, 0.6) is 0 Å². The average Bonchev–Trinajstić information content (AvgIpc) is 2.87. The SMILES string of the molecule is O=[N+]([O-])CC(c1cccs1)n1cccn1. The van der Waals surface area contributed by atoms with Gasteiger partial charge in [-0.15, -0.1) is 11.3 Å². The summed E-state index contributed by atoms with van der Waals surface area (Å²) in [5.41, 5.74) is 0. The number of hydrogen-bond acceptors (Lipinski definition) is 4. The van der Waals surface area contributed by atoms with Crippen molar-refractivity contribution in [2.75, 3.05) is 6.54 Å². The van der Waals surface area contributed by atoms with Crippen molar-refractivity contribution >= 4 is 11.3 Å². The molecule has 5 nitrogen and oxygen atoms in total. The van der Waals surface area contributed by atoms with Gasteiger partial charge >= 0.3 is 0 Å². The minimum Gasteiger partial charge on any atom is -0.264 e. The van der Waals surface area contributed by atoms with Crippen LogP contribution in [0.15, 0.2) is 36.0 Å². The Morgan fingerprint density at radius 2 is 2.47 bits per heavy atom. The van der Waals surface area contributed by atoms with E-state index in [-0.39, 0.29) is 17.5 Å². The third kappa shape index (κ3) is 2.21. The number of nitro groups is 1. The summed E-state index contributed by atoms with van der Waals surface area (Å²) in [4.78, 5) is 11.2. The fourth-order valence-corrected chi connectivity index (χ4v) is 2.20. The van der Waals surface area contributed by atoms with E-state index < -0.39 is 0 Å². The van der Waals surface area contributed by atoms with Gasteiger partial charge in [-0.05, 0) is 17.5 Å². The highest BCUT2D eigenvalue weighted by atomic mass is 32.1. The van der Waals surface area contributed by atoms with Gasteiger partial charge in [0.15, 0.2) is 6.04 Å². The molecule has 0 radical (unpaired) electrons. The predicted molar refractivity (Wildman–Crippen MR) is 56.5 cm³/mol. The lowest BCUT2D eigenvalue weighted by molar-refractivity contribution is -0.484. The second-order valence-electron chi connectivity index (χ2n) is 3.03. The molecule has 1 atom stereocenters. The summed E-state index contributed by atoms with van der Waals surface area (Å²) in [5.74, 6) is 0. The molecular formula is C9H9N3O2S. The molecule has 0 aliphatic rings. The first-order valence-corrected chi connectivity index (χ1v) is 5.29. The van der Waals surface area contributed by atoms with Crippen molar-refractivity contribution in [3.05, 3.63) is 51.0 Å². The molecule has 0 fully saturated rings. The molecule has 2 heterocycles. The number of nitrogens with zero attached hydrogens (tertiary/aromatic N) is 3. The third-order valence-corrected chi connectivity index (χ3v) is 3.01. The molecule has 0 aliphatic carbocycles. The number of rotatable bonds is 4. The first-order valence-electron chi connectivity index (χ1n) is 4.41. The molecule has 0 aromatic carbocycles. The fourth-order valence-electron chi connectivity index (χ4n) is 1.39. The van der Waals surface area contributed by atoms with Gasteiger partial charge < -0.3 is 0 Å². The maximum atomic E-state index is 10.6. The van der Waals surface area contributed by atoms with Crippen LogP contribution in [-0.2, 0) is 0 Å². The van der Waals surface area contributed by atoms with Gasteiger partial charge in [0.05, 0.1) is 0 Å². The van der Waals surface area contributed by atoms with Crippen LogP contribution in [0.2, 0.25) is 0 Å². The van der Waals surface area contributed by atoms with Gasteiger partial charge in [-0.2, -0.15) is 5.10 Å². The van der Waals surface area contributed by atoms with Crippen molar-refractivity contribution < 1.29 is 4.92 Å². The predicted octanol–water partition coefficient (Wildman–Crippen LogP) is 1.81. The summed E-state index contributed by atoms with van der Waals surface area (Å²) < 4.78 is 1.62. The lowest BCUT2D eigenvalue weighted by Gasteiger charge is -2.11. The normalized spacial score (nSPS) is 12.5. The van der Waals surface area contributed by atoms with Crippen LogP contribution in [0, 0.1) is 10.1 Å². The van der Waals surface area contributed by atoms with E-state index in [0.717, 1.165) is 4.88 Å². The fraction of sp³-hybridized carbons (Fsp3) is 0.222. The van der Waals surface area contributed by atoms with Crippen LogP contribution in [0.25, 0.3) is 0 Å². The highest BCUT2D eigenvalue weighted by Gasteiger charge is 2.20. The Kier molecular flexibility index (Phi) is 2.77. The maximum absolute atomic E-state index is 10.6. The third-order valence-electron chi connectivity index (χ3n) is 2.04. The van der Waals surface area contributed by atoms with Crippen molar-refractivity contribution in [3.63, 3.8) is 0 Å². The highest BCUT2D eigenvalue weighted by Crippen LogP contribution is 2.22. The number of aromatic nitrogens is 2. The van der Waals surface area contributed by atoms with E-state index in [4.69, 9.17) is 0 Å². The Labute approximate surface area is 90.1 Å². The van der Waals surface area contributed by atoms with Crippen LogP contribution in [0.1, 0.15) is 10.9 Å². The van der Waals surface area contributed by atoms with Crippen LogP contribution >= 0.6 is 11.3 Å². The Morgan fingerprint density at radius 3 is 3.00 bits per heavy atom. The minimum atomic E-state index is -0.313. The zero-order valence-corrected chi connectivity index (χ0v) is 8.63. The average molecular weight is 223 g/mol. The van der Waals surface area contributed by atoms with Gasteiger partial charge in [0.25, 0.3) is 0 Å². The number of thiophene rings is 1. The molecule has 6 heteroatoms. The largest absolute Gasteiger partial charge is 0.264 e. The molecule has 15 heavy (non-hydrogen) atoms. The van der Waals surface area contributed by atoms with E-state index in [2.05, 4.69) is 5.10 Å². The molecule has 2 aromatic heterocycles. The zero-order valence-electron chi connectivity index (χ0n) is 7.81. The Bertz CT molecular complexity index is 390. The van der Waals surface area contributed by atoms with Gasteiger partial charge in [0.1, 0.15) is 0 Å². The van der Waals surface area contributed by atoms with E-state index in [1.54, 1.807) is 23.1 Å². The van der Waals surface area contributed by atoms with Gasteiger partial charge in [0, 0.05) is 22.2 Å². The second kappa shape index (κ2) is 4.22. The van der Waals surface area contributed by atoms with E-state index in [9.17, 15) is 10.1 Å². The van der Waals surface area contributed by atoms with E-state index >= 15 is 0 Å². The second-order valence-corrected chi connectivity index (χ2v) is 4.01. The molecule has 2 aromatic rings. The quantitative estimate of drug-likeness (QED) is 0.586. The molecule has 0 N–H and O–H groups in total. The first-order chi connectivity index (χ1) is 7.27. The van der Waals surface area contributed by atoms with Gasteiger partial charge in [-0.25, -0.2) is 0 Å². The van der Waals surface area contributed by atoms with E-state index in [1.165, 1.54) is 11.3 Å². The molecule has 0 amide bonds. The Hall–Kier alpha value is -1.69. The molecule has 0 saturated heterocycles. The lowest BCUT2D eigenvalue weighted by atomic mass is 10.2. The van der Waals surface area contributed by atoms with Crippen LogP contribution in [0.3, 0.4) is 0 Å². The smallest absolute Gasteiger partial charge is 0.230 e. The van der Waals surface area contributed by atoms with Crippen molar-refractivity contribution in [1.29, 1.82) is 0 Å². The minimum absolute atomic E-state index is 0.137. The van der Waals surface area contributed by atoms with Crippen molar-refractivity contribution in [2.45, 2.75) is 6.04 Å². The van der Waals surface area contributed by atoms with E-state index in [0.29, 0.717) is 0 Å². The van der Waals surface area contributed by atoms with Gasteiger partial charge in [0.2, 0.25) is 6.54 Å². The summed E-state index contributed by atoms with van der Waals surface area (Å²) in [6.07, 6.45) is 3.37. The highest BCUT2D eigenvalue weighted by molar-refractivity contribution is 7.10. The lowest BCUT2D eigenvalue weighted by Crippen LogP contribution is -2.19. The van der Waals surface area contributed by atoms with Gasteiger partial charge in [-0.3, -0.25) is 14.8 Å². The van der Waals surface area contributed by atoms with Crippen LogP contribution in [0.4, 0.5) is 0 Å². The van der Waals surface area contributed by atoms with Crippen molar-refractivity contribution in [3.8, 4) is 0 Å². The van der Waals surface area contributed by atoms with Crippen molar-refractivity contribution in [1.82, 2.24) is 9.78 Å². The summed E-state index contributed by atoms with van der Waals surface area (Å²) in [6.45, 7) is -0.137. The standard InChI is InChI=1S/C9H9N3O2S/c13-12(14)7-8(9-3-1-6-15-9)11-5-2-4-10-11/h1-6,8H,7H2. The molecule has 1 unspecified atom stereocenters. The maximum Gasteiger partial charge on any atom is 0.230 e. The molecule has 0 bridgehead atoms. The molecule has 0 saturated carbocycles. The summed E-state index contributed by atoms with van der Waals surface area (Å²) in [6, 6.07) is 5.24. The number of hydrogen-bond donors (Lipinski definition) is 0. The first kappa shape index (κ1) is 9.85. The Balaban J connectivity index is 2.29. The topological polar surface area (TPSA) is 61.0 Å². The Morgan fingerprint density at radius 1 is 1.60 bits per heavy atom.